The van der Waals surface area contributed by atoms with Gasteiger partial charge < -0.3 is 21.3 Å². The molecule has 6 aromatic rings. The maximum atomic E-state index is 6.68. The van der Waals surface area contributed by atoms with Crippen LogP contribution in [0.5, 0.6) is 11.5 Å². The van der Waals surface area contributed by atoms with Crippen LogP contribution in [0.2, 0.25) is 0 Å². The highest BCUT2D eigenvalue weighted by molar-refractivity contribution is 8.51. The third-order valence-corrected chi connectivity index (χ3v) is 8.48. The van der Waals surface area contributed by atoms with E-state index in [1.54, 1.807) is 0 Å². The van der Waals surface area contributed by atoms with E-state index in [0.29, 0.717) is 11.5 Å². The minimum Gasteiger partial charge on any atom is -0.665 e. The van der Waals surface area contributed by atoms with Gasteiger partial charge in [-0.15, -0.1) is 0 Å². The first-order valence-electron chi connectivity index (χ1n) is 13.3. The van der Waals surface area contributed by atoms with Crippen LogP contribution in [-0.4, -0.2) is 0 Å². The van der Waals surface area contributed by atoms with E-state index >= 15 is 0 Å². The van der Waals surface area contributed by atoms with Crippen LogP contribution in [0.4, 0.5) is 0 Å². The van der Waals surface area contributed by atoms with Crippen molar-refractivity contribution in [2.75, 3.05) is 0 Å². The second-order valence-corrected chi connectivity index (χ2v) is 14.3. The Morgan fingerprint density at radius 2 is 0.610 bits per heavy atom. The van der Waals surface area contributed by atoms with Gasteiger partial charge in [0.05, 0.1) is 0 Å². The molecule has 0 radical (unpaired) electrons. The zero-order valence-electron chi connectivity index (χ0n) is 22.1. The first-order chi connectivity index (χ1) is 20.1. The van der Waals surface area contributed by atoms with Gasteiger partial charge in [0, 0.05) is 22.3 Å². The van der Waals surface area contributed by atoms with E-state index in [1.165, 1.54) is 0 Å². The quantitative estimate of drug-likeness (QED) is 0.131. The van der Waals surface area contributed by atoms with E-state index in [-0.39, 0.29) is 0 Å². The first kappa shape index (κ1) is 27.1. The van der Waals surface area contributed by atoms with Crippen molar-refractivity contribution in [2.45, 2.75) is 0 Å². The molecular weight excluding hydrogens is 560 g/mol. The molecule has 0 saturated heterocycles. The maximum absolute atomic E-state index is 6.68. The molecule has 200 valence electrons. The Bertz CT molecular complexity index is 1560. The van der Waals surface area contributed by atoms with Crippen molar-refractivity contribution in [1.29, 1.82) is 0 Å². The fourth-order valence-corrected chi connectivity index (χ4v) is 6.67. The lowest BCUT2D eigenvalue weighted by atomic mass is 9.97. The summed E-state index contributed by atoms with van der Waals surface area (Å²) >= 11 is 12.1. The summed E-state index contributed by atoms with van der Waals surface area (Å²) in [5, 5.41) is 0. The summed E-state index contributed by atoms with van der Waals surface area (Å²) < 4.78 is 13.4. The minimum absolute atomic E-state index is 0.627. The average Bonchev–Trinajstić information content (AvgIpc) is 3.02. The standard InChI is InChI=1S/C36H27O2PS2/c40-39(41,37-35-31(27-15-5-1-6-16-27)23-13-24-32(35)28-17-7-2-8-18-28)38-36-33(29-19-9-3-10-20-29)25-14-26-34(36)30-21-11-4-12-22-30/h1-26H,(H,40,41)/p-1. The Balaban J connectivity index is 1.48. The van der Waals surface area contributed by atoms with Gasteiger partial charge >= 0.3 is 0 Å². The molecular formula is C36H26O2PS2-. The monoisotopic (exact) mass is 585 g/mol. The van der Waals surface area contributed by atoms with Crippen molar-refractivity contribution in [3.63, 3.8) is 0 Å². The molecule has 2 nitrogen and oxygen atoms in total. The molecule has 0 amide bonds. The van der Waals surface area contributed by atoms with Crippen molar-refractivity contribution < 1.29 is 9.05 Å². The molecule has 6 rings (SSSR count). The van der Waals surface area contributed by atoms with Gasteiger partial charge in [0.2, 0.25) is 0 Å². The van der Waals surface area contributed by atoms with Gasteiger partial charge in [-0.2, -0.15) is 0 Å². The third-order valence-electron chi connectivity index (χ3n) is 6.78. The summed E-state index contributed by atoms with van der Waals surface area (Å²) in [6.45, 7) is 0. The molecule has 0 heterocycles. The van der Waals surface area contributed by atoms with Crippen molar-refractivity contribution >= 4 is 29.7 Å². The highest BCUT2D eigenvalue weighted by atomic mass is 32.9. The van der Waals surface area contributed by atoms with E-state index < -0.39 is 5.69 Å². The second kappa shape index (κ2) is 12.2. The van der Waals surface area contributed by atoms with Crippen LogP contribution in [0.3, 0.4) is 0 Å². The van der Waals surface area contributed by atoms with Crippen LogP contribution in [0.1, 0.15) is 0 Å². The topological polar surface area (TPSA) is 18.5 Å². The van der Waals surface area contributed by atoms with Gasteiger partial charge in [-0.05, 0) is 34.1 Å². The highest BCUT2D eigenvalue weighted by Gasteiger charge is 2.21. The number of para-hydroxylation sites is 2. The zero-order chi connectivity index (χ0) is 28.1. The molecule has 0 aromatic heterocycles. The second-order valence-electron chi connectivity index (χ2n) is 9.46. The molecule has 0 spiro atoms. The van der Waals surface area contributed by atoms with Crippen LogP contribution in [-0.2, 0) is 24.1 Å². The summed E-state index contributed by atoms with van der Waals surface area (Å²) in [5.74, 6) is 1.25. The summed E-state index contributed by atoms with van der Waals surface area (Å²) in [6.07, 6.45) is 0. The summed E-state index contributed by atoms with van der Waals surface area (Å²) in [6, 6.07) is 52.8. The largest absolute Gasteiger partial charge is 0.665 e. The Kier molecular flexibility index (Phi) is 8.07. The Morgan fingerprint density at radius 3 is 0.854 bits per heavy atom. The van der Waals surface area contributed by atoms with Gasteiger partial charge in [0.25, 0.3) is 0 Å². The first-order valence-corrected chi connectivity index (χ1v) is 16.9. The predicted molar refractivity (Wildman–Crippen MR) is 178 cm³/mol. The van der Waals surface area contributed by atoms with Crippen molar-refractivity contribution in [1.82, 2.24) is 0 Å². The Labute approximate surface area is 251 Å². The van der Waals surface area contributed by atoms with Crippen molar-refractivity contribution in [2.24, 2.45) is 0 Å². The summed E-state index contributed by atoms with van der Waals surface area (Å²) in [5.41, 5.74) is 4.39. The SMILES string of the molecule is S=P([S-])(Oc1c(-c2ccccc2)cccc1-c1ccccc1)Oc1c(-c2ccccc2)cccc1-c1ccccc1. The molecule has 41 heavy (non-hydrogen) atoms. The highest BCUT2D eigenvalue weighted by Crippen LogP contribution is 2.55. The normalized spacial score (nSPS) is 11.1. The van der Waals surface area contributed by atoms with Crippen LogP contribution < -0.4 is 9.05 Å². The fourth-order valence-electron chi connectivity index (χ4n) is 4.89. The Hall–Kier alpha value is -4.08. The van der Waals surface area contributed by atoms with Gasteiger partial charge in [-0.3, -0.25) is 0 Å². The lowest BCUT2D eigenvalue weighted by Gasteiger charge is -2.33. The summed E-state index contributed by atoms with van der Waals surface area (Å²) in [4.78, 5) is 0. The van der Waals surface area contributed by atoms with Gasteiger partial charge in [0.1, 0.15) is 11.5 Å². The molecule has 0 bridgehead atoms. The molecule has 6 aromatic carbocycles. The van der Waals surface area contributed by atoms with E-state index in [4.69, 9.17) is 33.1 Å². The lowest BCUT2D eigenvalue weighted by molar-refractivity contribution is 0.510. The van der Waals surface area contributed by atoms with Crippen LogP contribution in [0.15, 0.2) is 158 Å². The molecule has 0 N–H and O–H groups in total. The van der Waals surface area contributed by atoms with E-state index in [2.05, 4.69) is 48.5 Å². The van der Waals surface area contributed by atoms with Gasteiger partial charge in [-0.1, -0.05) is 158 Å². The number of benzene rings is 6. The van der Waals surface area contributed by atoms with Gasteiger partial charge in [0.15, 0.2) is 5.69 Å². The molecule has 0 aliphatic heterocycles. The molecule has 0 aliphatic rings. The number of hydrogen-bond donors (Lipinski definition) is 0. The average molecular weight is 586 g/mol. The molecule has 5 heteroatoms. The predicted octanol–water partition coefficient (Wildman–Crippen LogP) is 10.6. The molecule has 0 saturated carbocycles. The fraction of sp³-hybridized carbons (Fsp3) is 0. The van der Waals surface area contributed by atoms with Gasteiger partial charge in [-0.25, -0.2) is 0 Å². The smallest absolute Gasteiger partial charge is 0.157 e. The third kappa shape index (κ3) is 6.16. The van der Waals surface area contributed by atoms with Crippen molar-refractivity contribution in [3.05, 3.63) is 158 Å². The molecule has 0 atom stereocenters. The Morgan fingerprint density at radius 1 is 0.366 bits per heavy atom. The van der Waals surface area contributed by atoms with E-state index in [1.807, 2.05) is 109 Å². The molecule has 0 fully saturated rings. The number of rotatable bonds is 8. The molecule has 0 aliphatic carbocycles. The maximum Gasteiger partial charge on any atom is 0.157 e. The van der Waals surface area contributed by atoms with Crippen LogP contribution in [0, 0.1) is 0 Å². The zero-order valence-corrected chi connectivity index (χ0v) is 24.6. The molecule has 0 unspecified atom stereocenters. The van der Waals surface area contributed by atoms with Crippen molar-refractivity contribution in [3.8, 4) is 56.0 Å². The number of hydrogen-bond acceptors (Lipinski definition) is 4. The summed E-state index contributed by atoms with van der Waals surface area (Å²) in [7, 11) is 0. The van der Waals surface area contributed by atoms with E-state index in [0.717, 1.165) is 44.5 Å². The lowest BCUT2D eigenvalue weighted by Crippen LogP contribution is -2.02. The minimum atomic E-state index is -3.31. The van der Waals surface area contributed by atoms with Crippen LogP contribution >= 0.6 is 5.69 Å². The van der Waals surface area contributed by atoms with Crippen LogP contribution in [0.25, 0.3) is 44.5 Å². The van der Waals surface area contributed by atoms with E-state index in [9.17, 15) is 0 Å².